The Kier molecular flexibility index (Phi) is 2.62. The lowest BCUT2D eigenvalue weighted by atomic mass is 9.85. The van der Waals surface area contributed by atoms with Crippen LogP contribution in [0.2, 0.25) is 0 Å². The molecule has 2 amide bonds. The Labute approximate surface area is 108 Å². The molecule has 2 fully saturated rings. The van der Waals surface area contributed by atoms with Gasteiger partial charge in [-0.2, -0.15) is 17.5 Å². The Balaban J connectivity index is 1.81. The van der Waals surface area contributed by atoms with Gasteiger partial charge in [0.2, 0.25) is 0 Å². The first-order valence-corrected chi connectivity index (χ1v) is 6.61. The molecule has 2 bridgehead atoms. The molecule has 0 spiro atoms. The second-order valence-corrected chi connectivity index (χ2v) is 5.81. The number of carbonyl (C=O) groups excluding carboxylic acids is 2. The predicted molar refractivity (Wildman–Crippen MR) is 54.9 cm³/mol. The van der Waals surface area contributed by atoms with E-state index < -0.39 is 40.2 Å². The van der Waals surface area contributed by atoms with E-state index in [-0.39, 0.29) is 16.9 Å². The molecule has 9 heteroatoms. The number of carbonyl (C=O) groups is 2. The summed E-state index contributed by atoms with van der Waals surface area (Å²) in [5.41, 5.74) is -5.13. The number of nitrogens with zero attached hydrogens (tertiary/aromatic N) is 1. The van der Waals surface area contributed by atoms with Crippen molar-refractivity contribution in [1.29, 1.82) is 0 Å². The Hall–Kier alpha value is -1.22. The van der Waals surface area contributed by atoms with Crippen LogP contribution in [0.15, 0.2) is 12.2 Å². The van der Waals surface area contributed by atoms with E-state index in [0.717, 1.165) is 0 Å². The average molecular weight is 295 g/mol. The first-order chi connectivity index (χ1) is 8.80. The number of halogens is 3. The molecule has 0 aromatic heterocycles. The Morgan fingerprint density at radius 2 is 1.63 bits per heavy atom. The van der Waals surface area contributed by atoms with Gasteiger partial charge < -0.3 is 0 Å². The third kappa shape index (κ3) is 1.75. The van der Waals surface area contributed by atoms with Crippen molar-refractivity contribution in [2.24, 2.45) is 23.7 Å². The third-order valence-corrected chi connectivity index (χ3v) is 4.42. The molecular formula is C10H8F3NO4S. The van der Waals surface area contributed by atoms with E-state index in [0.29, 0.717) is 6.42 Å². The Morgan fingerprint density at radius 1 is 1.16 bits per heavy atom. The van der Waals surface area contributed by atoms with Crippen molar-refractivity contribution in [3.63, 3.8) is 0 Å². The van der Waals surface area contributed by atoms with Gasteiger partial charge in [0, 0.05) is 0 Å². The van der Waals surface area contributed by atoms with Crippen LogP contribution < -0.4 is 0 Å². The minimum Gasteiger partial charge on any atom is -0.272 e. The molecule has 0 N–H and O–H groups in total. The van der Waals surface area contributed by atoms with E-state index in [9.17, 15) is 27.0 Å². The van der Waals surface area contributed by atoms with Crippen LogP contribution in [0.5, 0.6) is 0 Å². The van der Waals surface area contributed by atoms with E-state index >= 15 is 0 Å². The number of fused-ring (bicyclic) bond motifs is 5. The van der Waals surface area contributed by atoms with Crippen LogP contribution in [0.1, 0.15) is 6.42 Å². The average Bonchev–Trinajstić information content (AvgIpc) is 2.97. The molecule has 1 saturated heterocycles. The normalized spacial score (nSPS) is 38.2. The molecule has 1 aliphatic heterocycles. The quantitative estimate of drug-likeness (QED) is 0.561. The monoisotopic (exact) mass is 295 g/mol. The Morgan fingerprint density at radius 3 is 2.05 bits per heavy atom. The molecule has 1 heterocycles. The summed E-state index contributed by atoms with van der Waals surface area (Å²) >= 11 is -3.71. The van der Waals surface area contributed by atoms with Crippen molar-refractivity contribution in [2.75, 3.05) is 0 Å². The molecule has 19 heavy (non-hydrogen) atoms. The maximum absolute atomic E-state index is 12.1. The molecule has 3 aliphatic rings. The number of imide groups is 1. The van der Waals surface area contributed by atoms with E-state index in [1.165, 1.54) is 0 Å². The fraction of sp³-hybridized carbons (Fsp3) is 0.600. The van der Waals surface area contributed by atoms with Crippen molar-refractivity contribution in [2.45, 2.75) is 11.9 Å². The lowest BCUT2D eigenvalue weighted by Crippen LogP contribution is -2.36. The van der Waals surface area contributed by atoms with Crippen LogP contribution in [0, 0.1) is 23.7 Å². The summed E-state index contributed by atoms with van der Waals surface area (Å²) in [5, 5.41) is 0.0328. The standard InChI is InChI=1S/C10H8F3NO4S/c11-10(12,13)19(17)18-14-8(15)6-4-1-2-5(3-4)7(6)9(14)16/h1-2,4-7H,3H2. The van der Waals surface area contributed by atoms with Gasteiger partial charge in [-0.3, -0.25) is 9.59 Å². The van der Waals surface area contributed by atoms with Crippen molar-refractivity contribution in [1.82, 2.24) is 5.06 Å². The Bertz CT molecular complexity index is 487. The third-order valence-electron chi connectivity index (χ3n) is 3.76. The first-order valence-electron chi connectivity index (χ1n) is 5.54. The largest absolute Gasteiger partial charge is 0.499 e. The van der Waals surface area contributed by atoms with Gasteiger partial charge in [-0.25, -0.2) is 4.21 Å². The second kappa shape index (κ2) is 3.89. The highest BCUT2D eigenvalue weighted by molar-refractivity contribution is 7.81. The van der Waals surface area contributed by atoms with E-state index in [1.807, 2.05) is 0 Å². The van der Waals surface area contributed by atoms with Gasteiger partial charge in [0.25, 0.3) is 22.9 Å². The topological polar surface area (TPSA) is 63.7 Å². The molecule has 0 radical (unpaired) electrons. The van der Waals surface area contributed by atoms with Gasteiger partial charge in [0.05, 0.1) is 11.8 Å². The minimum absolute atomic E-state index is 0.0328. The molecule has 3 rings (SSSR count). The van der Waals surface area contributed by atoms with Gasteiger partial charge in [0.15, 0.2) is 0 Å². The van der Waals surface area contributed by atoms with Crippen LogP contribution in [-0.2, 0) is 25.0 Å². The van der Waals surface area contributed by atoms with Gasteiger partial charge in [-0.05, 0) is 18.3 Å². The van der Waals surface area contributed by atoms with Crippen molar-refractivity contribution in [3.05, 3.63) is 12.2 Å². The van der Waals surface area contributed by atoms with Crippen molar-refractivity contribution >= 4 is 22.9 Å². The van der Waals surface area contributed by atoms with Crippen LogP contribution in [0.4, 0.5) is 13.2 Å². The molecule has 0 aromatic carbocycles. The highest BCUT2D eigenvalue weighted by atomic mass is 32.2. The summed E-state index contributed by atoms with van der Waals surface area (Å²) in [6.07, 6.45) is 4.24. The van der Waals surface area contributed by atoms with E-state index in [2.05, 4.69) is 4.28 Å². The summed E-state index contributed by atoms with van der Waals surface area (Å²) < 4.78 is 51.2. The molecule has 5 nitrogen and oxygen atoms in total. The lowest BCUT2D eigenvalue weighted by Gasteiger charge is -2.15. The van der Waals surface area contributed by atoms with Gasteiger partial charge >= 0.3 is 5.51 Å². The summed E-state index contributed by atoms with van der Waals surface area (Å²) in [6, 6.07) is 0. The number of hydrogen-bond donors (Lipinski definition) is 0. The number of rotatable bonds is 2. The summed E-state index contributed by atoms with van der Waals surface area (Å²) in [6.45, 7) is 0. The minimum atomic E-state index is -5.13. The number of alkyl halides is 3. The first kappa shape index (κ1) is 12.8. The smallest absolute Gasteiger partial charge is 0.272 e. The zero-order valence-electron chi connectivity index (χ0n) is 9.29. The highest BCUT2D eigenvalue weighted by Gasteiger charge is 2.61. The number of allylic oxidation sites excluding steroid dienone is 2. The van der Waals surface area contributed by atoms with Crippen LogP contribution >= 0.6 is 0 Å². The second-order valence-electron chi connectivity index (χ2n) is 4.73. The summed E-state index contributed by atoms with van der Waals surface area (Å²) in [5.74, 6) is -3.28. The molecular weight excluding hydrogens is 287 g/mol. The summed E-state index contributed by atoms with van der Waals surface area (Å²) in [7, 11) is 0. The lowest BCUT2D eigenvalue weighted by molar-refractivity contribution is -0.168. The maximum Gasteiger partial charge on any atom is 0.499 e. The van der Waals surface area contributed by atoms with Gasteiger partial charge in [0.1, 0.15) is 0 Å². The predicted octanol–water partition coefficient (Wildman–Crippen LogP) is 0.909. The molecule has 1 saturated carbocycles. The number of hydrogen-bond acceptors (Lipinski definition) is 4. The van der Waals surface area contributed by atoms with Crippen molar-refractivity contribution < 1.29 is 31.3 Å². The number of amides is 2. The highest BCUT2D eigenvalue weighted by Crippen LogP contribution is 2.52. The zero-order valence-corrected chi connectivity index (χ0v) is 10.1. The van der Waals surface area contributed by atoms with Crippen LogP contribution in [0.3, 0.4) is 0 Å². The van der Waals surface area contributed by atoms with Crippen molar-refractivity contribution in [3.8, 4) is 0 Å². The van der Waals surface area contributed by atoms with Crippen LogP contribution in [0.25, 0.3) is 0 Å². The van der Waals surface area contributed by atoms with Gasteiger partial charge in [-0.1, -0.05) is 12.2 Å². The summed E-state index contributed by atoms with van der Waals surface area (Å²) in [4.78, 5) is 23.8. The maximum atomic E-state index is 12.1. The molecule has 5 atom stereocenters. The zero-order chi connectivity index (χ0) is 13.9. The van der Waals surface area contributed by atoms with E-state index in [1.54, 1.807) is 12.2 Å². The molecule has 2 aliphatic carbocycles. The van der Waals surface area contributed by atoms with E-state index in [4.69, 9.17) is 0 Å². The van der Waals surface area contributed by atoms with Gasteiger partial charge in [-0.15, -0.1) is 5.06 Å². The molecule has 0 aromatic rings. The fourth-order valence-corrected chi connectivity index (χ4v) is 3.43. The number of hydroxylamine groups is 2. The van der Waals surface area contributed by atoms with Crippen LogP contribution in [-0.4, -0.2) is 26.6 Å². The molecule has 5 unspecified atom stereocenters. The SMILES string of the molecule is O=C1C2C3C=CC(C3)C2C(=O)N1OS(=O)C(F)(F)F. The fourth-order valence-electron chi connectivity index (χ4n) is 3.06. The molecule has 104 valence electrons.